The zero-order chi connectivity index (χ0) is 12.4. The van der Waals surface area contributed by atoms with Crippen LogP contribution in [0.15, 0.2) is 24.3 Å². The highest BCUT2D eigenvalue weighted by Crippen LogP contribution is 2.35. The second kappa shape index (κ2) is 4.75. The highest BCUT2D eigenvalue weighted by molar-refractivity contribution is 5.73. The van der Waals surface area contributed by atoms with Crippen LogP contribution in [0.5, 0.6) is 5.75 Å². The maximum absolute atomic E-state index is 11.0. The van der Waals surface area contributed by atoms with Gasteiger partial charge in [-0.15, -0.1) is 0 Å². The quantitative estimate of drug-likeness (QED) is 0.869. The molecule has 0 saturated carbocycles. The summed E-state index contributed by atoms with van der Waals surface area (Å²) in [4.78, 5) is 12.9. The fraction of sp³-hybridized carbons (Fsp3) is 0.462. The van der Waals surface area contributed by atoms with Crippen molar-refractivity contribution in [1.82, 2.24) is 4.90 Å². The average Bonchev–Trinajstić information content (AvgIpc) is 2.36. The molecule has 1 heterocycles. The van der Waals surface area contributed by atoms with Gasteiger partial charge in [0.2, 0.25) is 0 Å². The summed E-state index contributed by atoms with van der Waals surface area (Å²) in [6.45, 7) is 2.35. The molecule has 0 amide bonds. The Morgan fingerprint density at radius 2 is 2.24 bits per heavy atom. The summed E-state index contributed by atoms with van der Waals surface area (Å²) in [5.41, 5.74) is 1.08. The maximum atomic E-state index is 11.0. The molecule has 2 atom stereocenters. The molecule has 0 fully saturated rings. The standard InChI is InChI=1S/C13H17NO3/c1-9(13(15)16)14(2)11-7-8-17-12-6-4-3-5-10(11)12/h3-6,9,11H,7-8H2,1-2H3,(H,15,16). The van der Waals surface area contributed by atoms with Gasteiger partial charge in [0.05, 0.1) is 6.61 Å². The van der Waals surface area contributed by atoms with Crippen LogP contribution < -0.4 is 4.74 Å². The SMILES string of the molecule is CC(C(=O)O)N(C)C1CCOc2ccccc21. The lowest BCUT2D eigenvalue weighted by atomic mass is 9.98. The van der Waals surface area contributed by atoms with Gasteiger partial charge in [-0.25, -0.2) is 0 Å². The number of rotatable bonds is 3. The Morgan fingerprint density at radius 1 is 1.53 bits per heavy atom. The molecule has 0 aromatic heterocycles. The van der Waals surface area contributed by atoms with E-state index in [4.69, 9.17) is 9.84 Å². The first-order valence-electron chi connectivity index (χ1n) is 5.77. The van der Waals surface area contributed by atoms with Crippen LogP contribution in [0.25, 0.3) is 0 Å². The van der Waals surface area contributed by atoms with Crippen LogP contribution >= 0.6 is 0 Å². The van der Waals surface area contributed by atoms with Gasteiger partial charge in [0.25, 0.3) is 0 Å². The number of carboxylic acids is 1. The van der Waals surface area contributed by atoms with Gasteiger partial charge in [-0.2, -0.15) is 0 Å². The van der Waals surface area contributed by atoms with Crippen LogP contribution in [0.4, 0.5) is 0 Å². The lowest BCUT2D eigenvalue weighted by Gasteiger charge is -2.35. The molecule has 0 aliphatic carbocycles. The smallest absolute Gasteiger partial charge is 0.320 e. The van der Waals surface area contributed by atoms with E-state index in [0.29, 0.717) is 6.61 Å². The first-order valence-corrected chi connectivity index (χ1v) is 5.77. The van der Waals surface area contributed by atoms with E-state index in [1.165, 1.54) is 0 Å². The van der Waals surface area contributed by atoms with Crippen molar-refractivity contribution in [2.75, 3.05) is 13.7 Å². The lowest BCUT2D eigenvalue weighted by Crippen LogP contribution is -2.40. The number of carbonyl (C=O) groups is 1. The number of hydrogen-bond donors (Lipinski definition) is 1. The molecule has 2 rings (SSSR count). The zero-order valence-corrected chi connectivity index (χ0v) is 10.1. The molecule has 0 spiro atoms. The number of likely N-dealkylation sites (N-methyl/N-ethyl adjacent to an activating group) is 1. The summed E-state index contributed by atoms with van der Waals surface area (Å²) in [6, 6.07) is 7.45. The van der Waals surface area contributed by atoms with Gasteiger partial charge in [-0.3, -0.25) is 9.69 Å². The summed E-state index contributed by atoms with van der Waals surface area (Å²) in [7, 11) is 1.85. The van der Waals surface area contributed by atoms with E-state index in [1.54, 1.807) is 6.92 Å². The second-order valence-corrected chi connectivity index (χ2v) is 4.37. The van der Waals surface area contributed by atoms with Crippen LogP contribution in [0, 0.1) is 0 Å². The zero-order valence-electron chi connectivity index (χ0n) is 10.1. The van der Waals surface area contributed by atoms with Crippen molar-refractivity contribution >= 4 is 5.97 Å². The first-order chi connectivity index (χ1) is 8.11. The first kappa shape index (κ1) is 11.9. The number of hydrogen-bond acceptors (Lipinski definition) is 3. The number of benzene rings is 1. The molecule has 4 nitrogen and oxygen atoms in total. The number of carboxylic acid groups (broad SMARTS) is 1. The predicted octanol–water partition coefficient (Wildman–Crippen LogP) is 1.92. The Labute approximate surface area is 101 Å². The largest absolute Gasteiger partial charge is 0.493 e. The van der Waals surface area contributed by atoms with Crippen molar-refractivity contribution in [2.45, 2.75) is 25.4 Å². The lowest BCUT2D eigenvalue weighted by molar-refractivity contribution is -0.143. The second-order valence-electron chi connectivity index (χ2n) is 4.37. The predicted molar refractivity (Wildman–Crippen MR) is 64.2 cm³/mol. The number of nitrogens with zero attached hydrogens (tertiary/aromatic N) is 1. The van der Waals surface area contributed by atoms with E-state index in [9.17, 15) is 4.79 Å². The summed E-state index contributed by atoms with van der Waals surface area (Å²) in [5.74, 6) is 0.0738. The topological polar surface area (TPSA) is 49.8 Å². The van der Waals surface area contributed by atoms with E-state index in [2.05, 4.69) is 0 Å². The van der Waals surface area contributed by atoms with E-state index in [0.717, 1.165) is 17.7 Å². The minimum Gasteiger partial charge on any atom is -0.493 e. The summed E-state index contributed by atoms with van der Waals surface area (Å²) in [5, 5.41) is 9.06. The fourth-order valence-electron chi connectivity index (χ4n) is 2.19. The van der Waals surface area contributed by atoms with Gasteiger partial charge >= 0.3 is 5.97 Å². The van der Waals surface area contributed by atoms with E-state index < -0.39 is 12.0 Å². The van der Waals surface area contributed by atoms with Gasteiger partial charge in [-0.1, -0.05) is 18.2 Å². The van der Waals surface area contributed by atoms with E-state index in [1.807, 2.05) is 36.2 Å². The Kier molecular flexibility index (Phi) is 3.33. The van der Waals surface area contributed by atoms with Crippen molar-refractivity contribution in [3.8, 4) is 5.75 Å². The van der Waals surface area contributed by atoms with Crippen LogP contribution in [0.1, 0.15) is 24.9 Å². The van der Waals surface area contributed by atoms with Crippen molar-refractivity contribution in [3.05, 3.63) is 29.8 Å². The fourth-order valence-corrected chi connectivity index (χ4v) is 2.19. The molecule has 4 heteroatoms. The minimum atomic E-state index is -0.795. The van der Waals surface area contributed by atoms with Gasteiger partial charge in [0.1, 0.15) is 11.8 Å². The molecule has 17 heavy (non-hydrogen) atoms. The molecule has 1 aliphatic rings. The van der Waals surface area contributed by atoms with Crippen molar-refractivity contribution in [1.29, 1.82) is 0 Å². The monoisotopic (exact) mass is 235 g/mol. The van der Waals surface area contributed by atoms with Crippen LogP contribution in [0.2, 0.25) is 0 Å². The molecule has 1 aromatic carbocycles. The van der Waals surface area contributed by atoms with Gasteiger partial charge in [-0.05, 0) is 20.0 Å². The highest BCUT2D eigenvalue weighted by Gasteiger charge is 2.29. The number of aliphatic carboxylic acids is 1. The molecule has 1 aromatic rings. The Hall–Kier alpha value is -1.55. The molecular formula is C13H17NO3. The van der Waals surface area contributed by atoms with Gasteiger partial charge < -0.3 is 9.84 Å². The molecule has 0 saturated heterocycles. The Morgan fingerprint density at radius 3 is 2.94 bits per heavy atom. The van der Waals surface area contributed by atoms with Crippen molar-refractivity contribution in [3.63, 3.8) is 0 Å². The molecule has 92 valence electrons. The molecule has 1 N–H and O–H groups in total. The number of ether oxygens (including phenoxy) is 1. The molecule has 0 bridgehead atoms. The van der Waals surface area contributed by atoms with Gasteiger partial charge in [0.15, 0.2) is 0 Å². The molecular weight excluding hydrogens is 218 g/mol. The molecule has 0 radical (unpaired) electrons. The third kappa shape index (κ3) is 2.26. The Balaban J connectivity index is 2.26. The number of fused-ring (bicyclic) bond motifs is 1. The minimum absolute atomic E-state index is 0.117. The van der Waals surface area contributed by atoms with E-state index >= 15 is 0 Å². The maximum Gasteiger partial charge on any atom is 0.320 e. The summed E-state index contributed by atoms with van der Waals surface area (Å²) in [6.07, 6.45) is 0.825. The summed E-state index contributed by atoms with van der Waals surface area (Å²) >= 11 is 0. The highest BCUT2D eigenvalue weighted by atomic mass is 16.5. The number of para-hydroxylation sites is 1. The van der Waals surface area contributed by atoms with Crippen molar-refractivity contribution in [2.24, 2.45) is 0 Å². The third-order valence-electron chi connectivity index (χ3n) is 3.39. The van der Waals surface area contributed by atoms with Crippen LogP contribution in [-0.2, 0) is 4.79 Å². The van der Waals surface area contributed by atoms with E-state index in [-0.39, 0.29) is 6.04 Å². The Bertz CT molecular complexity index is 419. The molecule has 2 unspecified atom stereocenters. The normalized spacial score (nSPS) is 20.5. The van der Waals surface area contributed by atoms with Crippen LogP contribution in [0.3, 0.4) is 0 Å². The average molecular weight is 235 g/mol. The van der Waals surface area contributed by atoms with Gasteiger partial charge in [0, 0.05) is 18.0 Å². The third-order valence-corrected chi connectivity index (χ3v) is 3.39. The summed E-state index contributed by atoms with van der Waals surface area (Å²) < 4.78 is 5.57. The molecule has 1 aliphatic heterocycles. The van der Waals surface area contributed by atoms with Crippen LogP contribution in [-0.4, -0.2) is 35.7 Å². The van der Waals surface area contributed by atoms with Crippen molar-refractivity contribution < 1.29 is 14.6 Å².